The molecule has 0 saturated carbocycles. The first-order chi connectivity index (χ1) is 9.70. The molecule has 0 aliphatic heterocycles. The van der Waals surface area contributed by atoms with Gasteiger partial charge in [0.25, 0.3) is 0 Å². The van der Waals surface area contributed by atoms with Crippen LogP contribution in [0.4, 0.5) is 22.0 Å². The molecule has 0 saturated heterocycles. The molecule has 112 valence electrons. The van der Waals surface area contributed by atoms with Crippen molar-refractivity contribution in [2.75, 3.05) is 0 Å². The molecular formula is C14H7Br2F5. The molecule has 1 atom stereocenters. The predicted octanol–water partition coefficient (Wildman–Crippen LogP) is 6.23. The summed E-state index contributed by atoms with van der Waals surface area (Å²) in [6.07, 6.45) is -4.50. The quantitative estimate of drug-likeness (QED) is 0.392. The first-order valence-electron chi connectivity index (χ1n) is 5.66. The van der Waals surface area contributed by atoms with Crippen molar-refractivity contribution in [3.05, 3.63) is 69.2 Å². The highest BCUT2D eigenvalue weighted by atomic mass is 79.9. The van der Waals surface area contributed by atoms with Gasteiger partial charge < -0.3 is 0 Å². The van der Waals surface area contributed by atoms with Crippen LogP contribution >= 0.6 is 31.9 Å². The highest BCUT2D eigenvalue weighted by molar-refractivity contribution is 9.10. The summed E-state index contributed by atoms with van der Waals surface area (Å²) in [5.74, 6) is -2.06. The van der Waals surface area contributed by atoms with Crippen LogP contribution in [0, 0.1) is 11.6 Å². The van der Waals surface area contributed by atoms with E-state index >= 15 is 0 Å². The molecule has 0 aliphatic rings. The van der Waals surface area contributed by atoms with E-state index < -0.39 is 28.2 Å². The Morgan fingerprint density at radius 3 is 2.00 bits per heavy atom. The number of hydrogen-bond acceptors (Lipinski definition) is 0. The largest absolute Gasteiger partial charge is 0.417 e. The van der Waals surface area contributed by atoms with Crippen LogP contribution in [0.25, 0.3) is 0 Å². The average molecular weight is 430 g/mol. The van der Waals surface area contributed by atoms with Crippen LogP contribution in [0.15, 0.2) is 40.9 Å². The van der Waals surface area contributed by atoms with Gasteiger partial charge in [0.15, 0.2) is 11.6 Å². The van der Waals surface area contributed by atoms with Crippen molar-refractivity contribution in [2.45, 2.75) is 11.0 Å². The summed E-state index contributed by atoms with van der Waals surface area (Å²) in [5.41, 5.74) is -0.215. The predicted molar refractivity (Wildman–Crippen MR) is 76.3 cm³/mol. The molecule has 0 spiro atoms. The van der Waals surface area contributed by atoms with Crippen LogP contribution < -0.4 is 0 Å². The van der Waals surface area contributed by atoms with Gasteiger partial charge in [-0.05, 0) is 35.4 Å². The van der Waals surface area contributed by atoms with E-state index in [9.17, 15) is 22.0 Å². The fourth-order valence-corrected chi connectivity index (χ4v) is 2.82. The van der Waals surface area contributed by atoms with E-state index in [1.54, 1.807) is 0 Å². The van der Waals surface area contributed by atoms with Crippen molar-refractivity contribution in [1.29, 1.82) is 0 Å². The van der Waals surface area contributed by atoms with Gasteiger partial charge in [-0.1, -0.05) is 44.0 Å². The second-order valence-corrected chi connectivity index (χ2v) is 6.04. The monoisotopic (exact) mass is 428 g/mol. The smallest absolute Gasteiger partial charge is 0.204 e. The molecule has 0 heterocycles. The lowest BCUT2D eigenvalue weighted by Gasteiger charge is -2.15. The SMILES string of the molecule is Fc1ccc(C(Br)c2ccc(Br)c(C(F)(F)F)c2)cc1F. The molecule has 7 heteroatoms. The zero-order valence-corrected chi connectivity index (χ0v) is 13.4. The van der Waals surface area contributed by atoms with Crippen LogP contribution in [0.2, 0.25) is 0 Å². The molecule has 0 radical (unpaired) electrons. The van der Waals surface area contributed by atoms with Crippen LogP contribution in [-0.4, -0.2) is 0 Å². The molecule has 0 fully saturated rings. The molecule has 0 aromatic heterocycles. The topological polar surface area (TPSA) is 0 Å². The maximum absolute atomic E-state index is 13.2. The molecule has 0 amide bonds. The van der Waals surface area contributed by atoms with Gasteiger partial charge in [-0.25, -0.2) is 8.78 Å². The Bertz CT molecular complexity index is 667. The highest BCUT2D eigenvalue weighted by Gasteiger charge is 2.33. The number of hydrogen-bond donors (Lipinski definition) is 0. The molecule has 2 aromatic carbocycles. The van der Waals surface area contributed by atoms with E-state index in [4.69, 9.17) is 0 Å². The van der Waals surface area contributed by atoms with Crippen molar-refractivity contribution >= 4 is 31.9 Å². The lowest BCUT2D eigenvalue weighted by atomic mass is 10.0. The van der Waals surface area contributed by atoms with E-state index in [-0.39, 0.29) is 10.0 Å². The maximum atomic E-state index is 13.2. The lowest BCUT2D eigenvalue weighted by molar-refractivity contribution is -0.138. The summed E-state index contributed by atoms with van der Waals surface area (Å²) in [7, 11) is 0. The summed E-state index contributed by atoms with van der Waals surface area (Å²) in [6, 6.07) is 6.90. The lowest BCUT2D eigenvalue weighted by Crippen LogP contribution is -2.07. The molecular weight excluding hydrogens is 423 g/mol. The van der Waals surface area contributed by atoms with Gasteiger partial charge in [-0.3, -0.25) is 0 Å². The molecule has 0 nitrogen and oxygen atoms in total. The third kappa shape index (κ3) is 3.63. The molecule has 1 unspecified atom stereocenters. The maximum Gasteiger partial charge on any atom is 0.417 e. The van der Waals surface area contributed by atoms with Gasteiger partial charge >= 0.3 is 6.18 Å². The second-order valence-electron chi connectivity index (χ2n) is 4.27. The minimum Gasteiger partial charge on any atom is -0.204 e. The van der Waals surface area contributed by atoms with Crippen LogP contribution in [0.3, 0.4) is 0 Å². The Morgan fingerprint density at radius 2 is 1.43 bits per heavy atom. The van der Waals surface area contributed by atoms with Crippen molar-refractivity contribution < 1.29 is 22.0 Å². The van der Waals surface area contributed by atoms with Crippen molar-refractivity contribution in [1.82, 2.24) is 0 Å². The summed E-state index contributed by atoms with van der Waals surface area (Å²) < 4.78 is 64.6. The van der Waals surface area contributed by atoms with Gasteiger partial charge in [-0.15, -0.1) is 0 Å². The first-order valence-corrected chi connectivity index (χ1v) is 7.36. The normalized spacial score (nSPS) is 13.3. The zero-order valence-electron chi connectivity index (χ0n) is 10.2. The Balaban J connectivity index is 2.44. The zero-order chi connectivity index (χ0) is 15.8. The number of rotatable bonds is 2. The van der Waals surface area contributed by atoms with E-state index in [0.717, 1.165) is 18.2 Å². The number of alkyl halides is 4. The van der Waals surface area contributed by atoms with Gasteiger partial charge in [0.2, 0.25) is 0 Å². The molecule has 2 rings (SSSR count). The fourth-order valence-electron chi connectivity index (χ4n) is 1.78. The van der Waals surface area contributed by atoms with Gasteiger partial charge in [-0.2, -0.15) is 13.2 Å². The molecule has 0 N–H and O–H groups in total. The highest BCUT2D eigenvalue weighted by Crippen LogP contribution is 2.39. The third-order valence-electron chi connectivity index (χ3n) is 2.82. The second kappa shape index (κ2) is 6.04. The Morgan fingerprint density at radius 1 is 0.857 bits per heavy atom. The number of benzene rings is 2. The third-order valence-corrected chi connectivity index (χ3v) is 4.57. The average Bonchev–Trinajstić information content (AvgIpc) is 2.40. The van der Waals surface area contributed by atoms with E-state index in [0.29, 0.717) is 5.56 Å². The van der Waals surface area contributed by atoms with E-state index in [1.165, 1.54) is 18.2 Å². The molecule has 0 bridgehead atoms. The Hall–Kier alpha value is -0.950. The number of halogens is 7. The van der Waals surface area contributed by atoms with Gasteiger partial charge in [0.05, 0.1) is 10.4 Å². The van der Waals surface area contributed by atoms with Gasteiger partial charge in [0, 0.05) is 4.47 Å². The minimum absolute atomic E-state index is 0.0799. The van der Waals surface area contributed by atoms with Crippen LogP contribution in [0.1, 0.15) is 21.5 Å². The summed E-state index contributed by atoms with van der Waals surface area (Å²) in [6.45, 7) is 0. The van der Waals surface area contributed by atoms with E-state index in [1.807, 2.05) is 0 Å². The standard InChI is InChI=1S/C14H7Br2F5/c15-10-3-1-7(5-9(10)14(19,20)21)13(16)8-2-4-11(17)12(18)6-8/h1-6,13H. The van der Waals surface area contributed by atoms with E-state index in [2.05, 4.69) is 31.9 Å². The minimum atomic E-state index is -4.50. The van der Waals surface area contributed by atoms with Crippen molar-refractivity contribution in [3.8, 4) is 0 Å². The van der Waals surface area contributed by atoms with Crippen molar-refractivity contribution in [2.24, 2.45) is 0 Å². The molecule has 21 heavy (non-hydrogen) atoms. The fraction of sp³-hybridized carbons (Fsp3) is 0.143. The molecule has 2 aromatic rings. The van der Waals surface area contributed by atoms with Gasteiger partial charge in [0.1, 0.15) is 0 Å². The Labute approximate surface area is 134 Å². The van der Waals surface area contributed by atoms with Crippen LogP contribution in [-0.2, 0) is 6.18 Å². The summed E-state index contributed by atoms with van der Waals surface area (Å²) in [4.78, 5) is -0.679. The van der Waals surface area contributed by atoms with Crippen molar-refractivity contribution in [3.63, 3.8) is 0 Å². The van der Waals surface area contributed by atoms with Crippen LogP contribution in [0.5, 0.6) is 0 Å². The molecule has 0 aliphatic carbocycles. The summed E-state index contributed by atoms with van der Waals surface area (Å²) >= 11 is 6.05. The summed E-state index contributed by atoms with van der Waals surface area (Å²) in [5, 5.41) is 0. The Kier molecular flexibility index (Phi) is 4.72. The first kappa shape index (κ1) is 16.4.